The highest BCUT2D eigenvalue weighted by atomic mass is 32.1. The second-order valence-corrected chi connectivity index (χ2v) is 6.43. The molecule has 0 radical (unpaired) electrons. The quantitative estimate of drug-likeness (QED) is 0.705. The minimum atomic E-state index is -0.675. The molecule has 24 heavy (non-hydrogen) atoms. The van der Waals surface area contributed by atoms with Gasteiger partial charge in [-0.2, -0.15) is 0 Å². The van der Waals surface area contributed by atoms with Crippen molar-refractivity contribution in [1.82, 2.24) is 14.4 Å². The Balaban J connectivity index is 1.80. The molecule has 0 fully saturated rings. The van der Waals surface area contributed by atoms with Crippen LogP contribution in [0.2, 0.25) is 0 Å². The Labute approximate surface area is 141 Å². The highest BCUT2D eigenvalue weighted by Gasteiger charge is 2.21. The second-order valence-electron chi connectivity index (χ2n) is 5.56. The Hall–Kier alpha value is -2.45. The molecule has 126 valence electrons. The van der Waals surface area contributed by atoms with Crippen LogP contribution in [0.5, 0.6) is 0 Å². The molecule has 3 aromatic rings. The van der Waals surface area contributed by atoms with E-state index in [0.717, 1.165) is 5.69 Å². The van der Waals surface area contributed by atoms with Gasteiger partial charge in [0.25, 0.3) is 5.56 Å². The standard InChI is InChI=1S/C16H17N3O4S/c1-8-13(10(3)20)9(2)17-14(8)15(22)23-7-11-6-12(21)19-4-5-24-16(19)18-11/h4-6,10,17,20H,7H2,1-3H3/t10-/m0/s1. The van der Waals surface area contributed by atoms with Crippen molar-refractivity contribution in [2.24, 2.45) is 0 Å². The van der Waals surface area contributed by atoms with Crippen LogP contribution in [0.3, 0.4) is 0 Å². The van der Waals surface area contributed by atoms with Crippen LogP contribution in [-0.2, 0) is 11.3 Å². The number of aliphatic hydroxyl groups excluding tert-OH is 1. The molecule has 0 aromatic carbocycles. The summed E-state index contributed by atoms with van der Waals surface area (Å²) in [6, 6.07) is 1.35. The number of nitrogens with one attached hydrogen (secondary N) is 1. The van der Waals surface area contributed by atoms with E-state index >= 15 is 0 Å². The van der Waals surface area contributed by atoms with E-state index in [1.54, 1.807) is 32.3 Å². The van der Waals surface area contributed by atoms with Crippen molar-refractivity contribution in [3.63, 3.8) is 0 Å². The van der Waals surface area contributed by atoms with Crippen LogP contribution >= 0.6 is 11.3 Å². The molecule has 7 nitrogen and oxygen atoms in total. The zero-order valence-corrected chi connectivity index (χ0v) is 14.3. The molecule has 0 aliphatic heterocycles. The van der Waals surface area contributed by atoms with Gasteiger partial charge in [-0.05, 0) is 26.3 Å². The molecule has 0 unspecified atom stereocenters. The minimum Gasteiger partial charge on any atom is -0.454 e. The third-order valence-corrected chi connectivity index (χ3v) is 4.58. The van der Waals surface area contributed by atoms with Gasteiger partial charge in [0, 0.05) is 28.9 Å². The predicted octanol–water partition coefficient (Wildman–Crippen LogP) is 2.11. The number of rotatable bonds is 4. The first-order valence-electron chi connectivity index (χ1n) is 7.38. The summed E-state index contributed by atoms with van der Waals surface area (Å²) in [6.07, 6.45) is 0.971. The average molecular weight is 347 g/mol. The number of aliphatic hydroxyl groups is 1. The van der Waals surface area contributed by atoms with Crippen LogP contribution < -0.4 is 5.56 Å². The molecule has 0 bridgehead atoms. The second kappa shape index (κ2) is 6.21. The van der Waals surface area contributed by atoms with E-state index < -0.39 is 12.1 Å². The summed E-state index contributed by atoms with van der Waals surface area (Å²) in [5, 5.41) is 11.5. The first-order valence-corrected chi connectivity index (χ1v) is 8.26. The van der Waals surface area contributed by atoms with Gasteiger partial charge in [-0.3, -0.25) is 9.20 Å². The van der Waals surface area contributed by atoms with Gasteiger partial charge in [0.2, 0.25) is 0 Å². The maximum absolute atomic E-state index is 12.3. The summed E-state index contributed by atoms with van der Waals surface area (Å²) in [5.41, 5.74) is 2.57. The van der Waals surface area contributed by atoms with Crippen LogP contribution in [0.1, 0.15) is 46.0 Å². The van der Waals surface area contributed by atoms with Gasteiger partial charge in [0.15, 0.2) is 4.96 Å². The largest absolute Gasteiger partial charge is 0.454 e. The van der Waals surface area contributed by atoms with Gasteiger partial charge < -0.3 is 14.8 Å². The lowest BCUT2D eigenvalue weighted by atomic mass is 10.1. The monoisotopic (exact) mass is 347 g/mol. The van der Waals surface area contributed by atoms with Gasteiger partial charge in [-0.15, -0.1) is 11.3 Å². The number of aryl methyl sites for hydroxylation is 1. The summed E-state index contributed by atoms with van der Waals surface area (Å²) in [6.45, 7) is 5.10. The fourth-order valence-electron chi connectivity index (χ4n) is 2.77. The Morgan fingerprint density at radius 1 is 1.50 bits per heavy atom. The molecule has 8 heteroatoms. The SMILES string of the molecule is Cc1[nH]c(C(=O)OCc2cc(=O)n3ccsc3n2)c(C)c1[C@H](C)O. The van der Waals surface area contributed by atoms with Crippen LogP contribution in [0.15, 0.2) is 22.4 Å². The number of H-pyrrole nitrogens is 1. The highest BCUT2D eigenvalue weighted by Crippen LogP contribution is 2.25. The molecule has 1 atom stereocenters. The van der Waals surface area contributed by atoms with Crippen LogP contribution in [0.4, 0.5) is 0 Å². The summed E-state index contributed by atoms with van der Waals surface area (Å²) in [5.74, 6) is -0.546. The average Bonchev–Trinajstić information content (AvgIpc) is 3.09. The summed E-state index contributed by atoms with van der Waals surface area (Å²) in [4.78, 5) is 32.0. The van der Waals surface area contributed by atoms with Crippen molar-refractivity contribution < 1.29 is 14.6 Å². The molecular formula is C16H17N3O4S. The van der Waals surface area contributed by atoms with Gasteiger partial charge in [0.1, 0.15) is 12.3 Å². The highest BCUT2D eigenvalue weighted by molar-refractivity contribution is 7.15. The normalized spacial score (nSPS) is 12.5. The fourth-order valence-corrected chi connectivity index (χ4v) is 3.51. The van der Waals surface area contributed by atoms with E-state index in [9.17, 15) is 14.7 Å². The van der Waals surface area contributed by atoms with Crippen molar-refractivity contribution in [1.29, 1.82) is 0 Å². The number of esters is 1. The molecule has 0 spiro atoms. The van der Waals surface area contributed by atoms with E-state index in [4.69, 9.17) is 4.74 Å². The lowest BCUT2D eigenvalue weighted by molar-refractivity contribution is 0.0460. The first kappa shape index (κ1) is 16.4. The number of carbonyl (C=O) groups excluding carboxylic acids is 1. The van der Waals surface area contributed by atoms with Crippen molar-refractivity contribution in [3.05, 3.63) is 56.2 Å². The first-order chi connectivity index (χ1) is 11.4. The maximum atomic E-state index is 12.3. The number of ether oxygens (including phenoxy) is 1. The predicted molar refractivity (Wildman–Crippen MR) is 89.4 cm³/mol. The third-order valence-electron chi connectivity index (χ3n) is 3.82. The molecule has 2 N–H and O–H groups in total. The molecule has 0 saturated carbocycles. The molecule has 0 amide bonds. The molecule has 3 rings (SSSR count). The Morgan fingerprint density at radius 2 is 2.25 bits per heavy atom. The van der Waals surface area contributed by atoms with E-state index in [1.807, 2.05) is 0 Å². The van der Waals surface area contributed by atoms with E-state index in [-0.39, 0.29) is 12.2 Å². The van der Waals surface area contributed by atoms with Crippen LogP contribution in [0, 0.1) is 13.8 Å². The van der Waals surface area contributed by atoms with Crippen molar-refractivity contribution in [3.8, 4) is 0 Å². The number of hydrogen-bond acceptors (Lipinski definition) is 6. The molecule has 0 saturated heterocycles. The number of nitrogens with zero attached hydrogens (tertiary/aromatic N) is 2. The zero-order chi connectivity index (χ0) is 17.4. The Morgan fingerprint density at radius 3 is 2.92 bits per heavy atom. The summed E-state index contributed by atoms with van der Waals surface area (Å²) in [7, 11) is 0. The van der Waals surface area contributed by atoms with Crippen molar-refractivity contribution in [2.45, 2.75) is 33.5 Å². The lowest BCUT2D eigenvalue weighted by Crippen LogP contribution is -2.15. The van der Waals surface area contributed by atoms with Crippen molar-refractivity contribution >= 4 is 22.3 Å². The number of aromatic amines is 1. The molecule has 3 aromatic heterocycles. The molecule has 3 heterocycles. The van der Waals surface area contributed by atoms with Gasteiger partial charge >= 0.3 is 5.97 Å². The van der Waals surface area contributed by atoms with E-state index in [2.05, 4.69) is 9.97 Å². The lowest BCUT2D eigenvalue weighted by Gasteiger charge is -2.06. The maximum Gasteiger partial charge on any atom is 0.355 e. The number of hydrogen-bond donors (Lipinski definition) is 2. The Bertz CT molecular complexity index is 968. The number of carbonyl (C=O) groups is 1. The molecule has 0 aliphatic carbocycles. The smallest absolute Gasteiger partial charge is 0.355 e. The van der Waals surface area contributed by atoms with Crippen LogP contribution in [-0.4, -0.2) is 25.4 Å². The van der Waals surface area contributed by atoms with Gasteiger partial charge in [-0.1, -0.05) is 0 Å². The summed E-state index contributed by atoms with van der Waals surface area (Å²) >= 11 is 1.33. The van der Waals surface area contributed by atoms with E-state index in [0.29, 0.717) is 27.5 Å². The number of thiazole rings is 1. The van der Waals surface area contributed by atoms with Crippen molar-refractivity contribution in [2.75, 3.05) is 0 Å². The number of aromatic nitrogens is 3. The minimum absolute atomic E-state index is 0.0933. The van der Waals surface area contributed by atoms with E-state index in [1.165, 1.54) is 21.8 Å². The van der Waals surface area contributed by atoms with Crippen LogP contribution in [0.25, 0.3) is 4.96 Å². The van der Waals surface area contributed by atoms with Gasteiger partial charge in [0.05, 0.1) is 11.8 Å². The summed E-state index contributed by atoms with van der Waals surface area (Å²) < 4.78 is 6.70. The number of fused-ring (bicyclic) bond motifs is 1. The fraction of sp³-hybridized carbons (Fsp3) is 0.312. The molecular weight excluding hydrogens is 330 g/mol. The third kappa shape index (κ3) is 2.85. The zero-order valence-electron chi connectivity index (χ0n) is 13.5. The topological polar surface area (TPSA) is 96.7 Å². The Kier molecular flexibility index (Phi) is 4.25. The molecule has 0 aliphatic rings. The van der Waals surface area contributed by atoms with Gasteiger partial charge in [-0.25, -0.2) is 9.78 Å².